The third-order valence-electron chi connectivity index (χ3n) is 5.79. The van der Waals surface area contributed by atoms with E-state index in [4.69, 9.17) is 16.3 Å². The number of benzene rings is 3. The lowest BCUT2D eigenvalue weighted by Gasteiger charge is -2.42. The highest BCUT2D eigenvalue weighted by atomic mass is 35.5. The molecule has 1 aliphatic carbocycles. The molecule has 26 heavy (non-hydrogen) atoms. The van der Waals surface area contributed by atoms with Crippen LogP contribution in [0.1, 0.15) is 36.3 Å². The van der Waals surface area contributed by atoms with Gasteiger partial charge in [0.15, 0.2) is 0 Å². The molecule has 3 aromatic carbocycles. The molecule has 0 amide bonds. The fraction of sp³-hybridized carbons (Fsp3) is 0.261. The van der Waals surface area contributed by atoms with Crippen molar-refractivity contribution >= 4 is 28.2 Å². The predicted octanol–water partition coefficient (Wildman–Crippen LogP) is 5.76. The number of rotatable bonds is 1. The van der Waals surface area contributed by atoms with Crippen molar-refractivity contribution in [3.8, 4) is 5.75 Å². The van der Waals surface area contributed by atoms with Gasteiger partial charge in [0.25, 0.3) is 0 Å². The van der Waals surface area contributed by atoms with E-state index < -0.39 is 0 Å². The minimum absolute atomic E-state index is 0.0138. The fourth-order valence-electron chi connectivity index (χ4n) is 4.65. The Balaban J connectivity index is 1.79. The van der Waals surface area contributed by atoms with Crippen molar-refractivity contribution < 1.29 is 9.53 Å². The summed E-state index contributed by atoms with van der Waals surface area (Å²) in [5.41, 5.74) is 2.28. The zero-order valence-electron chi connectivity index (χ0n) is 14.3. The minimum Gasteiger partial charge on any atom is -0.489 e. The smallest absolute Gasteiger partial charge is 0.140 e. The van der Waals surface area contributed by atoms with E-state index in [-0.39, 0.29) is 17.9 Å². The van der Waals surface area contributed by atoms with Crippen LogP contribution in [0.4, 0.5) is 0 Å². The lowest BCUT2D eigenvalue weighted by Crippen LogP contribution is -2.44. The van der Waals surface area contributed by atoms with Gasteiger partial charge in [0, 0.05) is 22.9 Å². The molecule has 1 aliphatic heterocycles. The van der Waals surface area contributed by atoms with Crippen molar-refractivity contribution in [1.29, 1.82) is 0 Å². The molecule has 1 fully saturated rings. The molecule has 3 atom stereocenters. The number of carbonyl (C=O) groups excluding carboxylic acids is 1. The minimum atomic E-state index is -0.122. The molecule has 130 valence electrons. The van der Waals surface area contributed by atoms with Crippen molar-refractivity contribution in [3.63, 3.8) is 0 Å². The van der Waals surface area contributed by atoms with E-state index in [1.54, 1.807) is 0 Å². The summed E-state index contributed by atoms with van der Waals surface area (Å²) >= 11 is 6.12. The summed E-state index contributed by atoms with van der Waals surface area (Å²) in [5.74, 6) is 1.13. The van der Waals surface area contributed by atoms with Crippen LogP contribution in [0.3, 0.4) is 0 Å². The average molecular weight is 363 g/mol. The Morgan fingerprint density at radius 2 is 1.77 bits per heavy atom. The highest BCUT2D eigenvalue weighted by Gasteiger charge is 2.45. The molecule has 3 unspecified atom stereocenters. The molecule has 2 aliphatic rings. The van der Waals surface area contributed by atoms with Gasteiger partial charge < -0.3 is 4.74 Å². The van der Waals surface area contributed by atoms with E-state index in [1.807, 2.05) is 18.2 Å². The van der Waals surface area contributed by atoms with E-state index in [2.05, 4.69) is 42.5 Å². The Hall–Kier alpha value is -2.32. The van der Waals surface area contributed by atoms with Crippen molar-refractivity contribution in [2.24, 2.45) is 5.92 Å². The Morgan fingerprint density at radius 3 is 2.62 bits per heavy atom. The zero-order chi connectivity index (χ0) is 17.7. The largest absolute Gasteiger partial charge is 0.489 e. The van der Waals surface area contributed by atoms with Gasteiger partial charge in [-0.1, -0.05) is 54.1 Å². The standard InChI is InChI=1S/C23H19ClO2/c24-16-11-8-15(9-12-16)21-22-17-5-2-1-4-14(17)10-13-20(22)26-19-7-3-6-18(25)23(19)21/h1-2,4-5,8-13,19,21,23H,3,6-7H2. The van der Waals surface area contributed by atoms with Gasteiger partial charge in [-0.25, -0.2) is 0 Å². The number of Topliss-reactive ketones (excluding diaryl/α,β-unsaturated/α-hetero) is 1. The van der Waals surface area contributed by atoms with Gasteiger partial charge in [0.2, 0.25) is 0 Å². The number of hydrogen-bond acceptors (Lipinski definition) is 2. The van der Waals surface area contributed by atoms with E-state index in [0.29, 0.717) is 17.2 Å². The van der Waals surface area contributed by atoms with Gasteiger partial charge >= 0.3 is 0 Å². The number of fused-ring (bicyclic) bond motifs is 4. The van der Waals surface area contributed by atoms with E-state index in [1.165, 1.54) is 10.8 Å². The lowest BCUT2D eigenvalue weighted by atomic mass is 9.68. The first kappa shape index (κ1) is 15.9. The average Bonchev–Trinajstić information content (AvgIpc) is 2.67. The van der Waals surface area contributed by atoms with Gasteiger partial charge in [-0.2, -0.15) is 0 Å². The third-order valence-corrected chi connectivity index (χ3v) is 6.04. The molecule has 0 aromatic heterocycles. The molecule has 0 bridgehead atoms. The van der Waals surface area contributed by atoms with E-state index in [9.17, 15) is 4.79 Å². The SMILES string of the molecule is O=C1CCCC2Oc3ccc4ccccc4c3C(c3ccc(Cl)cc3)C12. The molecule has 0 spiro atoms. The van der Waals surface area contributed by atoms with Crippen molar-refractivity contribution in [1.82, 2.24) is 0 Å². The molecule has 2 nitrogen and oxygen atoms in total. The Kier molecular flexibility index (Phi) is 3.75. The summed E-state index contributed by atoms with van der Waals surface area (Å²) in [4.78, 5) is 12.9. The summed E-state index contributed by atoms with van der Waals surface area (Å²) < 4.78 is 6.34. The molecule has 1 saturated carbocycles. The van der Waals surface area contributed by atoms with Crippen LogP contribution >= 0.6 is 11.6 Å². The predicted molar refractivity (Wildman–Crippen MR) is 104 cm³/mol. The van der Waals surface area contributed by atoms with Crippen LogP contribution in [0, 0.1) is 5.92 Å². The van der Waals surface area contributed by atoms with Crippen LogP contribution in [-0.2, 0) is 4.79 Å². The van der Waals surface area contributed by atoms with Crippen LogP contribution in [0.5, 0.6) is 5.75 Å². The highest BCUT2D eigenvalue weighted by Crippen LogP contribution is 2.50. The molecule has 0 radical (unpaired) electrons. The first-order chi connectivity index (χ1) is 12.7. The fourth-order valence-corrected chi connectivity index (χ4v) is 4.78. The maximum absolute atomic E-state index is 12.9. The normalized spacial score (nSPS) is 24.7. The summed E-state index contributed by atoms with van der Waals surface area (Å²) in [6.07, 6.45) is 2.46. The molecule has 1 heterocycles. The van der Waals surface area contributed by atoms with Crippen molar-refractivity contribution in [3.05, 3.63) is 76.8 Å². The first-order valence-electron chi connectivity index (χ1n) is 9.19. The number of carbonyl (C=O) groups is 1. The topological polar surface area (TPSA) is 26.3 Å². The van der Waals surface area contributed by atoms with Crippen molar-refractivity contribution in [2.75, 3.05) is 0 Å². The van der Waals surface area contributed by atoms with Gasteiger partial charge in [0.05, 0.1) is 5.92 Å². The third kappa shape index (κ3) is 2.44. The summed E-state index contributed by atoms with van der Waals surface area (Å²) in [6.45, 7) is 0. The van der Waals surface area contributed by atoms with Crippen LogP contribution in [0.2, 0.25) is 5.02 Å². The Morgan fingerprint density at radius 1 is 0.962 bits per heavy atom. The van der Waals surface area contributed by atoms with Crippen LogP contribution in [0.15, 0.2) is 60.7 Å². The number of ether oxygens (including phenoxy) is 1. The van der Waals surface area contributed by atoms with Crippen LogP contribution < -0.4 is 4.74 Å². The molecular weight excluding hydrogens is 344 g/mol. The molecule has 5 rings (SSSR count). The van der Waals surface area contributed by atoms with E-state index in [0.717, 1.165) is 29.7 Å². The summed E-state index contributed by atoms with van der Waals surface area (Å²) in [5, 5.41) is 3.06. The maximum Gasteiger partial charge on any atom is 0.140 e. The molecule has 0 N–H and O–H groups in total. The van der Waals surface area contributed by atoms with Crippen molar-refractivity contribution in [2.45, 2.75) is 31.3 Å². The first-order valence-corrected chi connectivity index (χ1v) is 9.56. The summed E-state index contributed by atoms with van der Waals surface area (Å²) in [7, 11) is 0. The maximum atomic E-state index is 12.9. The van der Waals surface area contributed by atoms with Crippen LogP contribution in [0.25, 0.3) is 10.8 Å². The number of ketones is 1. The quantitative estimate of drug-likeness (QED) is 0.550. The zero-order valence-corrected chi connectivity index (χ0v) is 15.1. The van der Waals surface area contributed by atoms with Gasteiger partial charge in [-0.05, 0) is 47.4 Å². The van der Waals surface area contributed by atoms with Gasteiger partial charge in [0.1, 0.15) is 17.6 Å². The Labute approximate surface area is 157 Å². The number of hydrogen-bond donors (Lipinski definition) is 0. The Bertz CT molecular complexity index is 993. The molecule has 3 heteroatoms. The second kappa shape index (κ2) is 6.14. The van der Waals surface area contributed by atoms with Crippen LogP contribution in [-0.4, -0.2) is 11.9 Å². The molecule has 3 aromatic rings. The summed E-state index contributed by atoms with van der Waals surface area (Å²) in [6, 6.07) is 20.5. The second-order valence-corrected chi connectivity index (χ2v) is 7.70. The highest BCUT2D eigenvalue weighted by molar-refractivity contribution is 6.30. The number of halogens is 1. The van der Waals surface area contributed by atoms with Gasteiger partial charge in [-0.3, -0.25) is 4.79 Å². The van der Waals surface area contributed by atoms with Gasteiger partial charge in [-0.15, -0.1) is 0 Å². The second-order valence-electron chi connectivity index (χ2n) is 7.27. The molecular formula is C23H19ClO2. The molecule has 0 saturated heterocycles. The lowest BCUT2D eigenvalue weighted by molar-refractivity contribution is -0.130. The monoisotopic (exact) mass is 362 g/mol. The van der Waals surface area contributed by atoms with E-state index >= 15 is 0 Å².